The number of nitrogens with zero attached hydrogens (tertiary/aromatic N) is 5. The third-order valence-electron chi connectivity index (χ3n) is 13.7. The van der Waals surface area contributed by atoms with Crippen molar-refractivity contribution in [1.29, 1.82) is 10.5 Å². The smallest absolute Gasteiger partial charge is 0.104 e. The van der Waals surface area contributed by atoms with Crippen molar-refractivity contribution >= 4 is 96.9 Å². The molecule has 4 heterocycles. The van der Waals surface area contributed by atoms with Crippen molar-refractivity contribution in [3.8, 4) is 40.3 Å². The van der Waals surface area contributed by atoms with Gasteiger partial charge in [0.2, 0.25) is 0 Å². The van der Waals surface area contributed by atoms with Crippen molar-refractivity contribution in [1.82, 2.24) is 13.7 Å². The number of hydrogen-bond acceptors (Lipinski definition) is 3. The van der Waals surface area contributed by atoms with E-state index in [-0.39, 0.29) is 5.41 Å². The maximum atomic E-state index is 12.2. The molecule has 13 rings (SSSR count). The van der Waals surface area contributed by atoms with Crippen molar-refractivity contribution in [2.24, 2.45) is 0 Å². The van der Waals surface area contributed by atoms with Crippen molar-refractivity contribution < 1.29 is 0 Å². The Morgan fingerprint density at radius 3 is 1.24 bits per heavy atom. The van der Waals surface area contributed by atoms with E-state index in [9.17, 15) is 10.5 Å². The van der Waals surface area contributed by atoms with Gasteiger partial charge in [0.1, 0.15) is 23.3 Å². The number of benzene rings is 9. The fraction of sp³-hybridized carbons (Fsp3) is 0.0667. The van der Waals surface area contributed by atoms with Gasteiger partial charge in [0.25, 0.3) is 0 Å². The highest BCUT2D eigenvalue weighted by atomic mass is 32.1. The second-order valence-electron chi connectivity index (χ2n) is 18.3. The Bertz CT molecular complexity index is 4030. The molecule has 0 aliphatic rings. The van der Waals surface area contributed by atoms with Crippen molar-refractivity contribution in [3.63, 3.8) is 0 Å². The summed E-state index contributed by atoms with van der Waals surface area (Å²) in [5.74, 6) is 0. The molecule has 0 aliphatic carbocycles. The Hall–Kier alpha value is -8.42. The first-order valence-corrected chi connectivity index (χ1v) is 23.1. The molecule has 0 bridgehead atoms. The molecule has 4 aromatic heterocycles. The third kappa shape index (κ3) is 5.19. The summed E-state index contributed by atoms with van der Waals surface area (Å²) in [5, 5.41) is 33.2. The minimum atomic E-state index is -0.0994. The number of thiophene rings is 1. The number of rotatable bonds is 4. The Morgan fingerprint density at radius 1 is 0.394 bits per heavy atom. The zero-order valence-electron chi connectivity index (χ0n) is 36.5. The van der Waals surface area contributed by atoms with Crippen LogP contribution in [0.15, 0.2) is 182 Å². The van der Waals surface area contributed by atoms with Gasteiger partial charge in [-0.1, -0.05) is 166 Å². The van der Waals surface area contributed by atoms with Gasteiger partial charge in [0, 0.05) is 53.4 Å². The van der Waals surface area contributed by atoms with Crippen LogP contribution >= 0.6 is 11.3 Å². The molecule has 0 radical (unpaired) electrons. The minimum absolute atomic E-state index is 0.0994. The molecular formula is C60H39N5S. The number of nitriles is 2. The lowest BCUT2D eigenvalue weighted by atomic mass is 9.85. The van der Waals surface area contributed by atoms with E-state index in [1.165, 1.54) is 15.6 Å². The highest BCUT2D eigenvalue weighted by Gasteiger charge is 2.33. The van der Waals surface area contributed by atoms with Crippen molar-refractivity contribution in [2.75, 3.05) is 0 Å². The zero-order chi connectivity index (χ0) is 44.4. The van der Waals surface area contributed by atoms with Gasteiger partial charge in [-0.05, 0) is 52.9 Å². The highest BCUT2D eigenvalue weighted by Crippen LogP contribution is 2.50. The van der Waals surface area contributed by atoms with Gasteiger partial charge in [-0.2, -0.15) is 10.5 Å². The third-order valence-corrected chi connectivity index (χ3v) is 14.9. The zero-order valence-corrected chi connectivity index (χ0v) is 37.3. The van der Waals surface area contributed by atoms with Crippen LogP contribution in [0.5, 0.6) is 0 Å². The van der Waals surface area contributed by atoms with E-state index < -0.39 is 0 Å². The summed E-state index contributed by atoms with van der Waals surface area (Å²) >= 11 is 1.76. The van der Waals surface area contributed by atoms with Gasteiger partial charge in [-0.15, -0.1) is 11.3 Å². The first-order valence-electron chi connectivity index (χ1n) is 22.3. The molecule has 5 nitrogen and oxygen atoms in total. The van der Waals surface area contributed by atoms with Gasteiger partial charge >= 0.3 is 0 Å². The molecule has 0 saturated heterocycles. The lowest BCUT2D eigenvalue weighted by Gasteiger charge is -2.27. The van der Waals surface area contributed by atoms with E-state index in [2.05, 4.69) is 229 Å². The summed E-state index contributed by atoms with van der Waals surface area (Å²) in [6.07, 6.45) is 0. The van der Waals surface area contributed by atoms with E-state index in [1.807, 2.05) is 0 Å². The van der Waals surface area contributed by atoms with Gasteiger partial charge in [0.15, 0.2) is 0 Å². The molecular weight excluding hydrogens is 823 g/mol. The Morgan fingerprint density at radius 2 is 0.788 bits per heavy atom. The Kier molecular flexibility index (Phi) is 8.10. The number of hydrogen-bond donors (Lipinski definition) is 0. The van der Waals surface area contributed by atoms with Crippen LogP contribution in [-0.4, -0.2) is 13.7 Å². The summed E-state index contributed by atoms with van der Waals surface area (Å²) in [6.45, 7) is 6.68. The van der Waals surface area contributed by atoms with Gasteiger partial charge in [-0.25, -0.2) is 0 Å². The standard InChI is InChI=1S/C60H39N5S/c1-60(2,3)37-30-28-36(29-31-37)54-56(63-48-22-10-4-16-38(48)39-17-5-11-23-49(39)63)46(34-61)55(47(35-62)57(54)64-50-24-12-6-18-40(50)41-19-7-13-25-51(41)64)65-52-26-14-8-20-42(52)44-32-33-45-43-21-9-15-27-53(43)66-59(45)58(44)65/h4-33H,1-3H3. The first-order chi connectivity index (χ1) is 32.4. The lowest BCUT2D eigenvalue weighted by Crippen LogP contribution is -2.14. The fourth-order valence-corrected chi connectivity index (χ4v) is 12.0. The molecule has 0 fully saturated rings. The molecule has 9 aromatic carbocycles. The fourth-order valence-electron chi connectivity index (χ4n) is 10.8. The monoisotopic (exact) mass is 861 g/mol. The maximum absolute atomic E-state index is 12.2. The van der Waals surface area contributed by atoms with Crippen LogP contribution in [0.3, 0.4) is 0 Å². The van der Waals surface area contributed by atoms with E-state index in [0.717, 1.165) is 98.0 Å². The van der Waals surface area contributed by atoms with Crippen LogP contribution in [0.25, 0.3) is 114 Å². The van der Waals surface area contributed by atoms with Gasteiger partial charge in [-0.3, -0.25) is 0 Å². The van der Waals surface area contributed by atoms with Crippen LogP contribution in [0, 0.1) is 22.7 Å². The van der Waals surface area contributed by atoms with E-state index in [1.54, 1.807) is 11.3 Å². The van der Waals surface area contributed by atoms with Gasteiger partial charge in [0.05, 0.1) is 54.9 Å². The minimum Gasteiger partial charge on any atom is -0.307 e. The highest BCUT2D eigenvalue weighted by molar-refractivity contribution is 7.26. The molecule has 66 heavy (non-hydrogen) atoms. The summed E-state index contributed by atoms with van der Waals surface area (Å²) < 4.78 is 9.13. The molecule has 0 saturated carbocycles. The first kappa shape index (κ1) is 38.1. The topological polar surface area (TPSA) is 62.4 Å². The molecule has 310 valence electrons. The quantitative estimate of drug-likeness (QED) is 0.177. The van der Waals surface area contributed by atoms with Crippen LogP contribution in [0.1, 0.15) is 37.5 Å². The summed E-state index contributed by atoms with van der Waals surface area (Å²) in [6, 6.07) is 69.9. The van der Waals surface area contributed by atoms with Gasteiger partial charge < -0.3 is 13.7 Å². The predicted octanol–water partition coefficient (Wildman–Crippen LogP) is 16.1. The summed E-state index contributed by atoms with van der Waals surface area (Å²) in [7, 11) is 0. The molecule has 0 amide bonds. The van der Waals surface area contributed by atoms with E-state index >= 15 is 0 Å². The van der Waals surface area contributed by atoms with Crippen molar-refractivity contribution in [2.45, 2.75) is 26.2 Å². The van der Waals surface area contributed by atoms with E-state index in [0.29, 0.717) is 16.8 Å². The molecule has 0 unspecified atom stereocenters. The van der Waals surface area contributed by atoms with Crippen LogP contribution in [0.4, 0.5) is 0 Å². The van der Waals surface area contributed by atoms with Crippen LogP contribution in [-0.2, 0) is 5.41 Å². The average Bonchev–Trinajstić information content (AvgIpc) is 4.09. The maximum Gasteiger partial charge on any atom is 0.104 e. The summed E-state index contributed by atoms with van der Waals surface area (Å²) in [5.41, 5.74) is 11.4. The lowest BCUT2D eigenvalue weighted by molar-refractivity contribution is 0.590. The molecule has 0 spiro atoms. The van der Waals surface area contributed by atoms with Crippen LogP contribution < -0.4 is 0 Å². The normalized spacial score (nSPS) is 12.1. The largest absolute Gasteiger partial charge is 0.307 e. The number of para-hydroxylation sites is 5. The predicted molar refractivity (Wildman–Crippen MR) is 276 cm³/mol. The molecule has 0 N–H and O–H groups in total. The summed E-state index contributed by atoms with van der Waals surface area (Å²) in [4.78, 5) is 0. The number of fused-ring (bicyclic) bond motifs is 13. The average molecular weight is 862 g/mol. The second-order valence-corrected chi connectivity index (χ2v) is 19.3. The second kappa shape index (κ2) is 14.0. The molecule has 0 atom stereocenters. The number of aromatic nitrogens is 3. The Balaban J connectivity index is 1.35. The molecule has 6 heteroatoms. The SMILES string of the molecule is CC(C)(C)c1ccc(-c2c(-n3c4ccccc4c4ccccc43)c(C#N)c(-n3c4ccccc4c4ccc5c6ccccc6sc5c43)c(C#N)c2-n2c3ccccc3c3ccccc32)cc1. The Labute approximate surface area is 384 Å². The molecule has 13 aromatic rings. The van der Waals surface area contributed by atoms with Crippen LogP contribution in [0.2, 0.25) is 0 Å². The molecule has 0 aliphatic heterocycles. The van der Waals surface area contributed by atoms with E-state index in [4.69, 9.17) is 0 Å². The van der Waals surface area contributed by atoms with Crippen molar-refractivity contribution in [3.05, 3.63) is 199 Å².